The summed E-state index contributed by atoms with van der Waals surface area (Å²) in [6.45, 7) is 4.09. The van der Waals surface area contributed by atoms with Crippen molar-refractivity contribution in [2.24, 2.45) is 5.92 Å². The van der Waals surface area contributed by atoms with E-state index in [4.69, 9.17) is 0 Å². The lowest BCUT2D eigenvalue weighted by molar-refractivity contribution is -0.530. The molecular weight excluding hydrogens is 290 g/mol. The van der Waals surface area contributed by atoms with Crippen LogP contribution in [-0.4, -0.2) is 16.7 Å². The molecule has 128 valence electrons. The Morgan fingerprint density at radius 2 is 1.70 bits per heavy atom. The molecule has 0 N–H and O–H groups in total. The molecule has 0 unspecified atom stereocenters. The summed E-state index contributed by atoms with van der Waals surface area (Å²) in [6, 6.07) is 8.07. The Labute approximate surface area is 139 Å². The zero-order valence-corrected chi connectivity index (χ0v) is 14.4. The van der Waals surface area contributed by atoms with Crippen LogP contribution >= 0.6 is 0 Å². The molecule has 1 rings (SSSR count). The Kier molecular flexibility index (Phi) is 9.18. The van der Waals surface area contributed by atoms with Gasteiger partial charge in [0.05, 0.1) is 6.42 Å². The second kappa shape index (κ2) is 10.9. The fourth-order valence-electron chi connectivity index (χ4n) is 2.85. The van der Waals surface area contributed by atoms with Gasteiger partial charge in [0.25, 0.3) is 0 Å². The summed E-state index contributed by atoms with van der Waals surface area (Å²) < 4.78 is 0. The third-order valence-corrected chi connectivity index (χ3v) is 4.43. The van der Waals surface area contributed by atoms with Crippen molar-refractivity contribution in [1.29, 1.82) is 0 Å². The molecular formula is C19H29NO3. The van der Waals surface area contributed by atoms with Crippen LogP contribution in [0.15, 0.2) is 30.3 Å². The maximum Gasteiger partial charge on any atom is 0.222 e. The summed E-state index contributed by atoms with van der Waals surface area (Å²) in [5.41, 5.74) is 0.561. The van der Waals surface area contributed by atoms with E-state index in [0.717, 1.165) is 19.3 Å². The van der Waals surface area contributed by atoms with Crippen molar-refractivity contribution in [1.82, 2.24) is 0 Å². The van der Waals surface area contributed by atoms with Crippen LogP contribution in [0.1, 0.15) is 75.6 Å². The number of ketones is 1. The number of hydrogen-bond donors (Lipinski definition) is 0. The van der Waals surface area contributed by atoms with Gasteiger partial charge in [-0.3, -0.25) is 14.9 Å². The molecule has 0 saturated carbocycles. The van der Waals surface area contributed by atoms with Gasteiger partial charge in [0.2, 0.25) is 6.04 Å². The van der Waals surface area contributed by atoms with E-state index in [1.807, 2.05) is 13.0 Å². The fourth-order valence-corrected chi connectivity index (χ4v) is 2.85. The highest BCUT2D eigenvalue weighted by atomic mass is 16.6. The minimum absolute atomic E-state index is 0.00594. The first-order chi connectivity index (χ1) is 11.1. The van der Waals surface area contributed by atoms with Gasteiger partial charge >= 0.3 is 0 Å². The van der Waals surface area contributed by atoms with Crippen molar-refractivity contribution >= 4 is 5.78 Å². The minimum atomic E-state index is -0.779. The van der Waals surface area contributed by atoms with Crippen LogP contribution in [0.25, 0.3) is 0 Å². The summed E-state index contributed by atoms with van der Waals surface area (Å²) >= 11 is 0. The quantitative estimate of drug-likeness (QED) is 0.227. The topological polar surface area (TPSA) is 60.2 Å². The van der Waals surface area contributed by atoms with Gasteiger partial charge in [-0.2, -0.15) is 0 Å². The Bertz CT molecular complexity index is 473. The molecule has 2 atom stereocenters. The van der Waals surface area contributed by atoms with Gasteiger partial charge in [-0.1, -0.05) is 82.7 Å². The third kappa shape index (κ3) is 7.40. The molecule has 4 heteroatoms. The molecule has 0 aromatic heterocycles. The Hall–Kier alpha value is -1.71. The predicted octanol–water partition coefficient (Wildman–Crippen LogP) is 5.29. The molecule has 0 amide bonds. The first-order valence-corrected chi connectivity index (χ1v) is 8.78. The van der Waals surface area contributed by atoms with E-state index in [1.54, 1.807) is 24.3 Å². The van der Waals surface area contributed by atoms with E-state index in [0.29, 0.717) is 5.56 Å². The largest absolute Gasteiger partial charge is 0.294 e. The smallest absolute Gasteiger partial charge is 0.222 e. The Morgan fingerprint density at radius 1 is 1.09 bits per heavy atom. The zero-order chi connectivity index (χ0) is 17.1. The van der Waals surface area contributed by atoms with E-state index >= 15 is 0 Å². The molecule has 1 aromatic rings. The summed E-state index contributed by atoms with van der Waals surface area (Å²) in [4.78, 5) is 23.3. The molecule has 23 heavy (non-hydrogen) atoms. The molecule has 0 spiro atoms. The number of nitro groups is 1. The predicted molar refractivity (Wildman–Crippen MR) is 93.3 cm³/mol. The summed E-state index contributed by atoms with van der Waals surface area (Å²) in [6.07, 6.45) is 7.88. The highest BCUT2D eigenvalue weighted by Gasteiger charge is 2.30. The van der Waals surface area contributed by atoms with Crippen LogP contribution in [0.4, 0.5) is 0 Å². The highest BCUT2D eigenvalue weighted by Crippen LogP contribution is 2.20. The van der Waals surface area contributed by atoms with Crippen molar-refractivity contribution in [3.05, 3.63) is 46.0 Å². The van der Waals surface area contributed by atoms with E-state index < -0.39 is 6.04 Å². The van der Waals surface area contributed by atoms with Crippen molar-refractivity contribution in [2.75, 3.05) is 0 Å². The van der Waals surface area contributed by atoms with E-state index in [-0.39, 0.29) is 23.0 Å². The lowest BCUT2D eigenvalue weighted by atomic mass is 9.90. The average Bonchev–Trinajstić information content (AvgIpc) is 2.55. The molecule has 0 heterocycles. The molecule has 0 radical (unpaired) electrons. The normalized spacial score (nSPS) is 13.5. The summed E-state index contributed by atoms with van der Waals surface area (Å²) in [5.74, 6) is -0.203. The zero-order valence-electron chi connectivity index (χ0n) is 14.4. The van der Waals surface area contributed by atoms with Crippen molar-refractivity contribution in [3.8, 4) is 0 Å². The van der Waals surface area contributed by atoms with Gasteiger partial charge in [-0.15, -0.1) is 0 Å². The van der Waals surface area contributed by atoms with Gasteiger partial charge in [-0.25, -0.2) is 0 Å². The van der Waals surface area contributed by atoms with Gasteiger partial charge in [0.1, 0.15) is 0 Å². The maximum absolute atomic E-state index is 12.2. The summed E-state index contributed by atoms with van der Waals surface area (Å²) in [7, 11) is 0. The Morgan fingerprint density at radius 3 is 2.30 bits per heavy atom. The van der Waals surface area contributed by atoms with Crippen LogP contribution in [-0.2, 0) is 0 Å². The van der Waals surface area contributed by atoms with Gasteiger partial charge < -0.3 is 0 Å². The van der Waals surface area contributed by atoms with Crippen LogP contribution in [0.5, 0.6) is 0 Å². The molecule has 4 nitrogen and oxygen atoms in total. The number of carbonyl (C=O) groups excluding carboxylic acids is 1. The number of benzene rings is 1. The Balaban J connectivity index is 2.44. The number of unbranched alkanes of at least 4 members (excludes halogenated alkanes) is 5. The first-order valence-electron chi connectivity index (χ1n) is 8.78. The lowest BCUT2D eigenvalue weighted by Crippen LogP contribution is -2.30. The molecule has 0 aliphatic heterocycles. The maximum atomic E-state index is 12.2. The van der Waals surface area contributed by atoms with Gasteiger partial charge in [0.15, 0.2) is 5.78 Å². The van der Waals surface area contributed by atoms with E-state index in [9.17, 15) is 14.9 Å². The standard InChI is InChI=1S/C19H29NO3/c1-3-4-5-6-7-9-12-16(2)18(20(22)23)15-19(21)17-13-10-8-11-14-17/h8,10-11,13-14,16,18H,3-7,9,12,15H2,1-2H3/t16-,18-/m1/s1. The lowest BCUT2D eigenvalue weighted by Gasteiger charge is -2.16. The minimum Gasteiger partial charge on any atom is -0.294 e. The molecule has 0 aliphatic rings. The van der Waals surface area contributed by atoms with Crippen LogP contribution in [0.2, 0.25) is 0 Å². The molecule has 1 aromatic carbocycles. The van der Waals surface area contributed by atoms with Crippen LogP contribution < -0.4 is 0 Å². The SMILES string of the molecule is CCCCCCCC[C@@H](C)[C@@H](CC(=O)c1ccccc1)[N+](=O)[O-]. The molecule has 0 saturated heterocycles. The molecule has 0 fully saturated rings. The second-order valence-corrected chi connectivity index (χ2v) is 6.38. The second-order valence-electron chi connectivity index (χ2n) is 6.38. The van der Waals surface area contributed by atoms with Crippen molar-refractivity contribution in [3.63, 3.8) is 0 Å². The highest BCUT2D eigenvalue weighted by molar-refractivity contribution is 5.96. The van der Waals surface area contributed by atoms with Crippen LogP contribution in [0.3, 0.4) is 0 Å². The van der Waals surface area contributed by atoms with Gasteiger partial charge in [0, 0.05) is 16.4 Å². The first kappa shape index (κ1) is 19.3. The number of rotatable bonds is 12. The number of nitrogens with zero attached hydrogens (tertiary/aromatic N) is 1. The van der Waals surface area contributed by atoms with Crippen LogP contribution in [0, 0.1) is 16.0 Å². The van der Waals surface area contributed by atoms with Gasteiger partial charge in [-0.05, 0) is 6.42 Å². The van der Waals surface area contributed by atoms with E-state index in [2.05, 4.69) is 6.92 Å². The average molecular weight is 319 g/mol. The molecule has 0 aliphatic carbocycles. The third-order valence-electron chi connectivity index (χ3n) is 4.43. The van der Waals surface area contributed by atoms with E-state index in [1.165, 1.54) is 25.7 Å². The number of Topliss-reactive ketones (excluding diaryl/α,β-unsaturated/α-hetero) is 1. The van der Waals surface area contributed by atoms with Crippen molar-refractivity contribution in [2.45, 2.75) is 71.3 Å². The monoisotopic (exact) mass is 319 g/mol. The fraction of sp³-hybridized carbons (Fsp3) is 0.632. The molecule has 0 bridgehead atoms. The van der Waals surface area contributed by atoms with Crippen molar-refractivity contribution < 1.29 is 9.72 Å². The summed E-state index contributed by atoms with van der Waals surface area (Å²) in [5, 5.41) is 11.3. The number of hydrogen-bond acceptors (Lipinski definition) is 3. The number of carbonyl (C=O) groups is 1.